The van der Waals surface area contributed by atoms with Crippen molar-refractivity contribution in [1.82, 2.24) is 19.4 Å². The van der Waals surface area contributed by atoms with Crippen LogP contribution in [0.4, 0.5) is 0 Å². The number of carbonyl (C=O) groups is 2. The maximum absolute atomic E-state index is 13.8. The van der Waals surface area contributed by atoms with Crippen LogP contribution < -0.4 is 10.3 Å². The van der Waals surface area contributed by atoms with E-state index in [1.165, 1.54) is 11.1 Å². The van der Waals surface area contributed by atoms with Crippen molar-refractivity contribution in [1.29, 1.82) is 0 Å². The van der Waals surface area contributed by atoms with Crippen molar-refractivity contribution in [2.24, 2.45) is 11.8 Å². The van der Waals surface area contributed by atoms with Crippen molar-refractivity contribution in [3.8, 4) is 16.9 Å². The van der Waals surface area contributed by atoms with Crippen LogP contribution in [0, 0.1) is 11.8 Å². The lowest BCUT2D eigenvalue weighted by molar-refractivity contribution is -0.134. The van der Waals surface area contributed by atoms with Crippen LogP contribution in [0.1, 0.15) is 22.1 Å². The minimum absolute atomic E-state index is 0.202. The highest BCUT2D eigenvalue weighted by molar-refractivity contribution is 5.98. The number of rotatable bonds is 5. The van der Waals surface area contributed by atoms with Crippen LogP contribution in [-0.2, 0) is 11.3 Å². The van der Waals surface area contributed by atoms with E-state index in [1.807, 2.05) is 24.3 Å². The van der Waals surface area contributed by atoms with E-state index in [9.17, 15) is 19.5 Å². The first kappa shape index (κ1) is 23.7. The number of benzene rings is 1. The molecule has 4 heterocycles. The quantitative estimate of drug-likeness (QED) is 0.587. The van der Waals surface area contributed by atoms with Gasteiger partial charge in [-0.1, -0.05) is 18.2 Å². The summed E-state index contributed by atoms with van der Waals surface area (Å²) in [7, 11) is 4.83. The number of methoxy groups -OCH3 is 1. The summed E-state index contributed by atoms with van der Waals surface area (Å²) in [4.78, 5) is 47.8. The zero-order valence-electron chi connectivity index (χ0n) is 20.4. The molecule has 0 unspecified atom stereocenters. The number of aromatic nitrogens is 2. The number of carbonyl (C=O) groups excluding carboxylic acids is 2. The summed E-state index contributed by atoms with van der Waals surface area (Å²) in [5.74, 6) is -0.861. The lowest BCUT2D eigenvalue weighted by atomic mass is 9.88. The van der Waals surface area contributed by atoms with Crippen LogP contribution in [-0.4, -0.2) is 70.1 Å². The minimum atomic E-state index is -0.856. The Labute approximate surface area is 208 Å². The number of likely N-dealkylation sites (tertiary alicyclic amines) is 1. The third kappa shape index (κ3) is 3.58. The van der Waals surface area contributed by atoms with Crippen molar-refractivity contribution in [3.63, 3.8) is 0 Å². The molecule has 186 valence electrons. The molecule has 2 aliphatic rings. The second-order valence-electron chi connectivity index (χ2n) is 9.37. The number of para-hydroxylation sites is 1. The van der Waals surface area contributed by atoms with Gasteiger partial charge in [-0.05, 0) is 30.3 Å². The van der Waals surface area contributed by atoms with Gasteiger partial charge in [0.15, 0.2) is 0 Å². The number of pyridine rings is 2. The smallest absolute Gasteiger partial charge is 0.258 e. The van der Waals surface area contributed by atoms with Crippen LogP contribution in [0.2, 0.25) is 0 Å². The standard InChI is InChI=1S/C27H28N4O5/c1-29(2)27(35)24-20(15-32)19-14-30-21(23(19)31(24)25(33)16-7-6-12-28-13-16)11-10-18(26(30)34)17-8-4-5-9-22(17)36-3/h4-13,19-20,23-24,32H,14-15H2,1-3H3/t19-,20-,23+,24-/m0/s1. The fourth-order valence-electron chi connectivity index (χ4n) is 5.67. The number of amides is 2. The Balaban J connectivity index is 1.65. The zero-order chi connectivity index (χ0) is 25.6. The summed E-state index contributed by atoms with van der Waals surface area (Å²) in [6, 6.07) is 12.8. The van der Waals surface area contributed by atoms with Gasteiger partial charge in [0.05, 0.1) is 24.3 Å². The summed E-state index contributed by atoms with van der Waals surface area (Å²) in [5, 5.41) is 10.4. The van der Waals surface area contributed by atoms with Crippen LogP contribution in [0.15, 0.2) is 65.7 Å². The molecule has 9 nitrogen and oxygen atoms in total. The second-order valence-corrected chi connectivity index (χ2v) is 9.37. The average Bonchev–Trinajstić information content (AvgIpc) is 3.43. The number of fused-ring (bicyclic) bond motifs is 3. The molecular formula is C27H28N4O5. The summed E-state index contributed by atoms with van der Waals surface area (Å²) < 4.78 is 7.13. The van der Waals surface area contributed by atoms with E-state index in [4.69, 9.17) is 4.74 Å². The van der Waals surface area contributed by atoms with Crippen LogP contribution in [0.25, 0.3) is 11.1 Å². The molecule has 2 aliphatic heterocycles. The molecular weight excluding hydrogens is 460 g/mol. The number of aliphatic hydroxyl groups is 1. The highest BCUT2D eigenvalue weighted by Gasteiger charge is 2.57. The SMILES string of the molecule is COc1ccccc1-c1ccc2n(c1=O)C[C@H]1[C@H](CO)[C@@H](C(=O)N(C)C)N(C(=O)c3cccnc3)[C@@H]21. The van der Waals surface area contributed by atoms with Crippen molar-refractivity contribution in [2.75, 3.05) is 27.8 Å². The van der Waals surface area contributed by atoms with Gasteiger partial charge in [-0.2, -0.15) is 0 Å². The fraction of sp³-hybridized carbons (Fsp3) is 0.333. The number of aliphatic hydroxyl groups excluding tert-OH is 1. The first-order valence-corrected chi connectivity index (χ1v) is 11.8. The first-order valence-electron chi connectivity index (χ1n) is 11.8. The van der Waals surface area contributed by atoms with E-state index in [1.54, 1.807) is 61.1 Å². The molecule has 3 aromatic rings. The molecule has 2 amide bonds. The van der Waals surface area contributed by atoms with Crippen molar-refractivity contribution in [2.45, 2.75) is 18.6 Å². The first-order chi connectivity index (χ1) is 17.4. The summed E-state index contributed by atoms with van der Waals surface area (Å²) in [5.41, 5.74) is 1.96. The minimum Gasteiger partial charge on any atom is -0.496 e. The number of ether oxygens (including phenoxy) is 1. The van der Waals surface area contributed by atoms with E-state index in [-0.39, 0.29) is 29.9 Å². The van der Waals surface area contributed by atoms with Crippen LogP contribution in [0.3, 0.4) is 0 Å². The van der Waals surface area contributed by atoms with Gasteiger partial charge in [-0.25, -0.2) is 0 Å². The highest BCUT2D eigenvalue weighted by atomic mass is 16.5. The monoisotopic (exact) mass is 488 g/mol. The predicted octanol–water partition coefficient (Wildman–Crippen LogP) is 1.81. The molecule has 4 atom stereocenters. The molecule has 9 heteroatoms. The maximum Gasteiger partial charge on any atom is 0.258 e. The van der Waals surface area contributed by atoms with Gasteiger partial charge in [-0.15, -0.1) is 0 Å². The fourth-order valence-corrected chi connectivity index (χ4v) is 5.67. The van der Waals surface area contributed by atoms with E-state index in [2.05, 4.69) is 4.98 Å². The molecule has 0 spiro atoms. The van der Waals surface area contributed by atoms with E-state index < -0.39 is 18.0 Å². The second kappa shape index (κ2) is 9.23. The summed E-state index contributed by atoms with van der Waals surface area (Å²) in [6.07, 6.45) is 3.04. The third-order valence-electron chi connectivity index (χ3n) is 7.31. The Bertz CT molecular complexity index is 1370. The molecule has 1 aromatic carbocycles. The van der Waals surface area contributed by atoms with Crippen molar-refractivity contribution in [3.05, 3.63) is 82.5 Å². The Morgan fingerprint density at radius 2 is 1.89 bits per heavy atom. The van der Waals surface area contributed by atoms with Gasteiger partial charge in [0.2, 0.25) is 5.91 Å². The number of hydrogen-bond acceptors (Lipinski definition) is 6. The van der Waals surface area contributed by atoms with E-state index >= 15 is 0 Å². The number of likely N-dealkylation sites (N-methyl/N-ethyl adjacent to an activating group) is 1. The maximum atomic E-state index is 13.8. The van der Waals surface area contributed by atoms with E-state index in [0.29, 0.717) is 34.7 Å². The normalized spacial score (nSPS) is 22.2. The van der Waals surface area contributed by atoms with Gasteiger partial charge in [0.25, 0.3) is 11.5 Å². The molecule has 0 bridgehead atoms. The van der Waals surface area contributed by atoms with Gasteiger partial charge in [-0.3, -0.25) is 19.4 Å². The van der Waals surface area contributed by atoms with E-state index in [0.717, 1.165) is 0 Å². The molecule has 1 N–H and O–H groups in total. The summed E-state index contributed by atoms with van der Waals surface area (Å²) >= 11 is 0. The van der Waals surface area contributed by atoms with Gasteiger partial charge < -0.3 is 24.2 Å². The highest BCUT2D eigenvalue weighted by Crippen LogP contribution is 2.50. The zero-order valence-corrected chi connectivity index (χ0v) is 20.4. The number of nitrogens with zero attached hydrogens (tertiary/aromatic N) is 4. The molecule has 0 aliphatic carbocycles. The number of hydrogen-bond donors (Lipinski definition) is 1. The Morgan fingerprint density at radius 3 is 2.56 bits per heavy atom. The van der Waals surface area contributed by atoms with Crippen molar-refractivity contribution >= 4 is 11.8 Å². The average molecular weight is 489 g/mol. The Kier molecular flexibility index (Phi) is 6.09. The molecule has 1 fully saturated rings. The molecule has 36 heavy (non-hydrogen) atoms. The van der Waals surface area contributed by atoms with Gasteiger partial charge >= 0.3 is 0 Å². The predicted molar refractivity (Wildman–Crippen MR) is 132 cm³/mol. The molecule has 1 saturated heterocycles. The van der Waals surface area contributed by atoms with Crippen molar-refractivity contribution < 1.29 is 19.4 Å². The Morgan fingerprint density at radius 1 is 1.11 bits per heavy atom. The molecule has 5 rings (SSSR count). The van der Waals surface area contributed by atoms with Gasteiger partial charge in [0.1, 0.15) is 11.8 Å². The lowest BCUT2D eigenvalue weighted by Crippen LogP contribution is -2.50. The molecule has 0 saturated carbocycles. The summed E-state index contributed by atoms with van der Waals surface area (Å²) in [6.45, 7) is 0.00537. The lowest BCUT2D eigenvalue weighted by Gasteiger charge is -2.32. The van der Waals surface area contributed by atoms with Crippen LogP contribution in [0.5, 0.6) is 5.75 Å². The third-order valence-corrected chi connectivity index (χ3v) is 7.31. The largest absolute Gasteiger partial charge is 0.496 e. The Hall–Kier alpha value is -3.98. The van der Waals surface area contributed by atoms with Crippen LogP contribution >= 0.6 is 0 Å². The van der Waals surface area contributed by atoms with Gasteiger partial charge in [0, 0.05) is 62.7 Å². The molecule has 2 aromatic heterocycles. The molecule has 0 radical (unpaired) electrons. The topological polar surface area (TPSA) is 105 Å².